The first-order valence-electron chi connectivity index (χ1n) is 26.1. The maximum Gasteiger partial charge on any atom is 0.306 e. The second kappa shape index (κ2) is 52.4. The molecule has 0 aliphatic heterocycles. The van der Waals surface area contributed by atoms with Gasteiger partial charge in [0.15, 0.2) is 6.10 Å². The molecule has 0 heterocycles. The smallest absolute Gasteiger partial charge is 0.306 e. The minimum atomic E-state index is -0.567. The number of carbonyl (C=O) groups is 2. The van der Waals surface area contributed by atoms with Gasteiger partial charge in [0, 0.05) is 19.4 Å². The molecule has 356 valence electrons. The highest BCUT2D eigenvalue weighted by atomic mass is 16.6. The van der Waals surface area contributed by atoms with E-state index in [1.807, 2.05) is 0 Å². The lowest BCUT2D eigenvalue weighted by molar-refractivity contribution is -0.163. The van der Waals surface area contributed by atoms with Gasteiger partial charge < -0.3 is 14.2 Å². The van der Waals surface area contributed by atoms with E-state index in [1.165, 1.54) is 116 Å². The molecule has 0 saturated carbocycles. The first-order chi connectivity index (χ1) is 30.6. The molecule has 0 saturated heterocycles. The van der Waals surface area contributed by atoms with Crippen molar-refractivity contribution < 1.29 is 23.8 Å². The van der Waals surface area contributed by atoms with Gasteiger partial charge in [-0.15, -0.1) is 0 Å². The summed E-state index contributed by atoms with van der Waals surface area (Å²) in [6.07, 6.45) is 68.8. The maximum atomic E-state index is 12.8. The lowest BCUT2D eigenvalue weighted by atomic mass is 10.1. The number of ether oxygens (including phenoxy) is 3. The molecule has 0 N–H and O–H groups in total. The van der Waals surface area contributed by atoms with Gasteiger partial charge in [-0.3, -0.25) is 9.59 Å². The summed E-state index contributed by atoms with van der Waals surface area (Å²) in [6, 6.07) is 0. The van der Waals surface area contributed by atoms with Crippen molar-refractivity contribution in [2.24, 2.45) is 0 Å². The van der Waals surface area contributed by atoms with E-state index in [2.05, 4.69) is 106 Å². The van der Waals surface area contributed by atoms with E-state index >= 15 is 0 Å². The number of rotatable bonds is 47. The lowest BCUT2D eigenvalue weighted by Gasteiger charge is -2.18. The minimum Gasteiger partial charge on any atom is -0.462 e. The van der Waals surface area contributed by atoms with Crippen molar-refractivity contribution in [3.8, 4) is 0 Å². The van der Waals surface area contributed by atoms with Crippen molar-refractivity contribution in [1.82, 2.24) is 0 Å². The van der Waals surface area contributed by atoms with Crippen LogP contribution in [0.3, 0.4) is 0 Å². The summed E-state index contributed by atoms with van der Waals surface area (Å²) in [4.78, 5) is 25.4. The molecule has 0 bridgehead atoms. The molecule has 0 fully saturated rings. The van der Waals surface area contributed by atoms with E-state index < -0.39 is 6.10 Å². The minimum absolute atomic E-state index is 0.0526. The average molecular weight is 863 g/mol. The number of esters is 2. The Balaban J connectivity index is 4.38. The molecule has 0 radical (unpaired) electrons. The fourth-order valence-electron chi connectivity index (χ4n) is 7.00. The zero-order valence-electron chi connectivity index (χ0n) is 40.9. The van der Waals surface area contributed by atoms with Crippen LogP contribution in [0.25, 0.3) is 0 Å². The largest absolute Gasteiger partial charge is 0.462 e. The Bertz CT molecular complexity index is 1160. The van der Waals surface area contributed by atoms with Crippen LogP contribution in [0.4, 0.5) is 0 Å². The van der Waals surface area contributed by atoms with Gasteiger partial charge in [-0.05, 0) is 116 Å². The van der Waals surface area contributed by atoms with E-state index in [-0.39, 0.29) is 25.2 Å². The third-order valence-corrected chi connectivity index (χ3v) is 10.9. The molecule has 0 spiro atoms. The van der Waals surface area contributed by atoms with Crippen LogP contribution >= 0.6 is 0 Å². The SMILES string of the molecule is CC/C=C\C/C=C\C/C=C\C/C=C\CCCCC(=O)OCC(COCCCCCCCC/C=C\CCCCCCCC)OC(=O)CCCCCCC/C=C\C/C=C\CCCCC. The Morgan fingerprint density at radius 3 is 1.24 bits per heavy atom. The van der Waals surface area contributed by atoms with E-state index in [0.29, 0.717) is 19.4 Å². The Hall–Kier alpha value is -2.92. The average Bonchev–Trinajstić information content (AvgIpc) is 3.27. The number of carbonyl (C=O) groups excluding carboxylic acids is 2. The molecular formula is C57H98O5. The predicted molar refractivity (Wildman–Crippen MR) is 270 cm³/mol. The summed E-state index contributed by atoms with van der Waals surface area (Å²) in [7, 11) is 0. The van der Waals surface area contributed by atoms with Crippen LogP contribution in [-0.2, 0) is 23.8 Å². The normalized spacial score (nSPS) is 12.9. The second-order valence-corrected chi connectivity index (χ2v) is 17.0. The fraction of sp³-hybridized carbons (Fsp3) is 0.719. The molecule has 0 aliphatic carbocycles. The highest BCUT2D eigenvalue weighted by molar-refractivity contribution is 5.70. The number of hydrogen-bond acceptors (Lipinski definition) is 5. The Labute approximate surface area is 384 Å². The molecule has 0 amide bonds. The number of allylic oxidation sites excluding steroid dienone is 14. The second-order valence-electron chi connectivity index (χ2n) is 17.0. The van der Waals surface area contributed by atoms with Crippen molar-refractivity contribution in [2.45, 2.75) is 245 Å². The third-order valence-electron chi connectivity index (χ3n) is 10.9. The van der Waals surface area contributed by atoms with E-state index in [9.17, 15) is 9.59 Å². The van der Waals surface area contributed by atoms with E-state index in [1.54, 1.807) is 0 Å². The van der Waals surface area contributed by atoms with Crippen LogP contribution in [0, 0.1) is 0 Å². The molecular weight excluding hydrogens is 765 g/mol. The zero-order chi connectivity index (χ0) is 44.9. The first-order valence-corrected chi connectivity index (χ1v) is 26.1. The maximum absolute atomic E-state index is 12.8. The summed E-state index contributed by atoms with van der Waals surface area (Å²) in [5.74, 6) is -0.464. The molecule has 0 rings (SSSR count). The number of unbranched alkanes of at least 4 members (excludes halogenated alkanes) is 22. The van der Waals surface area contributed by atoms with Crippen LogP contribution in [0.1, 0.15) is 239 Å². The fourth-order valence-corrected chi connectivity index (χ4v) is 7.00. The van der Waals surface area contributed by atoms with Crippen LogP contribution in [0.15, 0.2) is 85.1 Å². The summed E-state index contributed by atoms with van der Waals surface area (Å²) in [6.45, 7) is 7.62. The van der Waals surface area contributed by atoms with Gasteiger partial charge in [0.1, 0.15) is 6.61 Å². The lowest BCUT2D eigenvalue weighted by Crippen LogP contribution is -2.30. The van der Waals surface area contributed by atoms with Crippen molar-refractivity contribution in [3.63, 3.8) is 0 Å². The zero-order valence-corrected chi connectivity index (χ0v) is 40.9. The molecule has 1 unspecified atom stereocenters. The monoisotopic (exact) mass is 863 g/mol. The van der Waals surface area contributed by atoms with Gasteiger partial charge in [-0.2, -0.15) is 0 Å². The van der Waals surface area contributed by atoms with Gasteiger partial charge in [-0.1, -0.05) is 196 Å². The Morgan fingerprint density at radius 1 is 0.371 bits per heavy atom. The van der Waals surface area contributed by atoms with Crippen LogP contribution in [0.2, 0.25) is 0 Å². The Morgan fingerprint density at radius 2 is 0.726 bits per heavy atom. The molecule has 5 nitrogen and oxygen atoms in total. The molecule has 1 atom stereocenters. The van der Waals surface area contributed by atoms with Crippen molar-refractivity contribution >= 4 is 11.9 Å². The number of hydrogen-bond donors (Lipinski definition) is 0. The van der Waals surface area contributed by atoms with Gasteiger partial charge in [0.05, 0.1) is 6.61 Å². The van der Waals surface area contributed by atoms with Crippen molar-refractivity contribution in [3.05, 3.63) is 85.1 Å². The van der Waals surface area contributed by atoms with Crippen LogP contribution < -0.4 is 0 Å². The molecule has 0 aromatic carbocycles. The predicted octanol–water partition coefficient (Wildman–Crippen LogP) is 17.7. The Kier molecular flexibility index (Phi) is 50.0. The van der Waals surface area contributed by atoms with Gasteiger partial charge in [0.2, 0.25) is 0 Å². The van der Waals surface area contributed by atoms with Crippen molar-refractivity contribution in [2.75, 3.05) is 19.8 Å². The third kappa shape index (κ3) is 49.7. The molecule has 0 aliphatic rings. The molecule has 0 aromatic rings. The highest BCUT2D eigenvalue weighted by Gasteiger charge is 2.17. The van der Waals surface area contributed by atoms with E-state index in [4.69, 9.17) is 14.2 Å². The van der Waals surface area contributed by atoms with Crippen molar-refractivity contribution in [1.29, 1.82) is 0 Å². The topological polar surface area (TPSA) is 61.8 Å². The van der Waals surface area contributed by atoms with E-state index in [0.717, 1.165) is 89.9 Å². The summed E-state index contributed by atoms with van der Waals surface area (Å²) in [5.41, 5.74) is 0. The van der Waals surface area contributed by atoms with Gasteiger partial charge in [0.25, 0.3) is 0 Å². The molecule has 62 heavy (non-hydrogen) atoms. The highest BCUT2D eigenvalue weighted by Crippen LogP contribution is 2.13. The summed E-state index contributed by atoms with van der Waals surface area (Å²) < 4.78 is 17.4. The summed E-state index contributed by atoms with van der Waals surface area (Å²) in [5, 5.41) is 0. The quantitative estimate of drug-likeness (QED) is 0.0346. The first kappa shape index (κ1) is 59.1. The summed E-state index contributed by atoms with van der Waals surface area (Å²) >= 11 is 0. The van der Waals surface area contributed by atoms with Crippen LogP contribution in [0.5, 0.6) is 0 Å². The van der Waals surface area contributed by atoms with Gasteiger partial charge in [-0.25, -0.2) is 0 Å². The molecule has 0 aromatic heterocycles. The van der Waals surface area contributed by atoms with Crippen LogP contribution in [-0.4, -0.2) is 37.9 Å². The van der Waals surface area contributed by atoms with Gasteiger partial charge >= 0.3 is 11.9 Å². The molecule has 5 heteroatoms. The standard InChI is InChI=1S/C57H98O5/c1-4-7-10-13-16-19-22-25-28-31-34-37-40-43-46-49-52-60-53-55(62-57(59)51-48-45-42-39-36-33-30-27-24-21-18-15-12-9-6-3)54-61-56(58)50-47-44-41-38-35-32-29-26-23-20-17-14-11-8-5-2/h8,11,17-18,20-21,25-30,35,38,55H,4-7,9-10,12-16,19,22-24,31-34,36-37,39-54H2,1-3H3/b11-8-,20-17-,21-18-,28-25-,29-26-,30-27-,38-35-.